The second kappa shape index (κ2) is 6.51. The minimum atomic E-state index is -0.115. The zero-order valence-corrected chi connectivity index (χ0v) is 15.5. The van der Waals surface area contributed by atoms with Crippen LogP contribution < -0.4 is 15.4 Å². The molecule has 1 aliphatic heterocycles. The second-order valence-corrected chi connectivity index (χ2v) is 6.97. The molecular formula is C17H19BrN6O. The number of aromatic amines is 1. The van der Waals surface area contributed by atoms with Crippen LogP contribution in [0.15, 0.2) is 39.7 Å². The number of halogens is 1. The van der Waals surface area contributed by atoms with E-state index in [1.165, 1.54) is 4.68 Å². The molecule has 0 aliphatic carbocycles. The van der Waals surface area contributed by atoms with Crippen molar-refractivity contribution in [1.29, 1.82) is 0 Å². The standard InChI is InChI=1S/C17H19BrN6O/c1-22-16(25)15(18)14(11-19-22)23-7-4-8-24(10-9-23)17-20-12-5-2-3-6-13(12)21-17/h2-3,5-6,11H,4,7-10H2,1H3,(H,20,21). The van der Waals surface area contributed by atoms with E-state index in [1.807, 2.05) is 24.3 Å². The zero-order chi connectivity index (χ0) is 17.4. The van der Waals surface area contributed by atoms with Gasteiger partial charge in [0.2, 0.25) is 5.95 Å². The topological polar surface area (TPSA) is 70.1 Å². The maximum absolute atomic E-state index is 12.1. The molecule has 1 saturated heterocycles. The SMILES string of the molecule is Cn1ncc(N2CCCN(c3nc4ccccc4[nH]3)CC2)c(Br)c1=O. The summed E-state index contributed by atoms with van der Waals surface area (Å²) < 4.78 is 1.91. The summed E-state index contributed by atoms with van der Waals surface area (Å²) in [7, 11) is 1.66. The highest BCUT2D eigenvalue weighted by Gasteiger charge is 2.20. The number of anilines is 2. The maximum atomic E-state index is 12.1. The largest absolute Gasteiger partial charge is 0.367 e. The lowest BCUT2D eigenvalue weighted by Crippen LogP contribution is -2.33. The molecule has 8 heteroatoms. The fourth-order valence-electron chi connectivity index (χ4n) is 3.18. The molecule has 3 heterocycles. The summed E-state index contributed by atoms with van der Waals surface area (Å²) in [6, 6.07) is 8.06. The monoisotopic (exact) mass is 402 g/mol. The van der Waals surface area contributed by atoms with E-state index in [2.05, 4.69) is 35.8 Å². The van der Waals surface area contributed by atoms with E-state index in [0.717, 1.165) is 55.3 Å². The van der Waals surface area contributed by atoms with E-state index in [-0.39, 0.29) is 5.56 Å². The highest BCUT2D eigenvalue weighted by Crippen LogP contribution is 2.24. The van der Waals surface area contributed by atoms with E-state index in [0.29, 0.717) is 4.47 Å². The van der Waals surface area contributed by atoms with Crippen LogP contribution in [0.2, 0.25) is 0 Å². The smallest absolute Gasteiger partial charge is 0.282 e. The molecule has 1 N–H and O–H groups in total. The van der Waals surface area contributed by atoms with Gasteiger partial charge in [0.15, 0.2) is 0 Å². The van der Waals surface area contributed by atoms with Crippen molar-refractivity contribution in [2.24, 2.45) is 7.05 Å². The Bertz CT molecular complexity index is 932. The molecule has 4 rings (SSSR count). The second-order valence-electron chi connectivity index (χ2n) is 6.18. The highest BCUT2D eigenvalue weighted by molar-refractivity contribution is 9.10. The highest BCUT2D eigenvalue weighted by atomic mass is 79.9. The Labute approximate surface area is 153 Å². The number of nitrogens with zero attached hydrogens (tertiary/aromatic N) is 5. The molecule has 0 amide bonds. The Balaban J connectivity index is 1.56. The van der Waals surface area contributed by atoms with Gasteiger partial charge in [-0.1, -0.05) is 12.1 Å². The average molecular weight is 403 g/mol. The summed E-state index contributed by atoms with van der Waals surface area (Å²) in [5, 5.41) is 4.15. The molecule has 7 nitrogen and oxygen atoms in total. The number of imidazole rings is 1. The average Bonchev–Trinajstić information content (AvgIpc) is 2.90. The number of hydrogen-bond donors (Lipinski definition) is 1. The number of nitrogens with one attached hydrogen (secondary N) is 1. The van der Waals surface area contributed by atoms with Gasteiger partial charge in [0, 0.05) is 33.2 Å². The molecule has 0 radical (unpaired) electrons. The van der Waals surface area contributed by atoms with Gasteiger partial charge < -0.3 is 14.8 Å². The minimum Gasteiger partial charge on any atom is -0.367 e. The molecule has 0 unspecified atom stereocenters. The van der Waals surface area contributed by atoms with Gasteiger partial charge in [-0.2, -0.15) is 5.10 Å². The molecule has 3 aromatic rings. The van der Waals surface area contributed by atoms with E-state index < -0.39 is 0 Å². The molecule has 0 saturated carbocycles. The normalized spacial score (nSPS) is 15.6. The van der Waals surface area contributed by atoms with Gasteiger partial charge in [-0.15, -0.1) is 0 Å². The van der Waals surface area contributed by atoms with E-state index in [9.17, 15) is 4.79 Å². The summed E-state index contributed by atoms with van der Waals surface area (Å²) in [6.07, 6.45) is 2.74. The summed E-state index contributed by atoms with van der Waals surface area (Å²) >= 11 is 3.43. The predicted octanol–water partition coefficient (Wildman–Crippen LogP) is 2.14. The van der Waals surface area contributed by atoms with Crippen molar-refractivity contribution in [2.45, 2.75) is 6.42 Å². The first kappa shape index (κ1) is 16.1. The Morgan fingerprint density at radius 3 is 2.72 bits per heavy atom. The van der Waals surface area contributed by atoms with Gasteiger partial charge in [0.05, 0.1) is 22.9 Å². The van der Waals surface area contributed by atoms with Crippen LogP contribution in [-0.2, 0) is 7.05 Å². The molecule has 0 atom stereocenters. The van der Waals surface area contributed by atoms with E-state index in [4.69, 9.17) is 4.98 Å². The summed E-state index contributed by atoms with van der Waals surface area (Å²) in [4.78, 5) is 24.7. The summed E-state index contributed by atoms with van der Waals surface area (Å²) in [5.74, 6) is 0.907. The van der Waals surface area contributed by atoms with Crippen molar-refractivity contribution in [1.82, 2.24) is 19.7 Å². The first-order valence-electron chi connectivity index (χ1n) is 8.30. The van der Waals surface area contributed by atoms with Crippen LogP contribution in [0.25, 0.3) is 11.0 Å². The van der Waals surface area contributed by atoms with Crippen molar-refractivity contribution in [3.8, 4) is 0 Å². The quantitative estimate of drug-likeness (QED) is 0.710. The lowest BCUT2D eigenvalue weighted by atomic mass is 10.3. The van der Waals surface area contributed by atoms with Gasteiger partial charge in [-0.05, 0) is 34.5 Å². The van der Waals surface area contributed by atoms with Crippen LogP contribution in [0.3, 0.4) is 0 Å². The molecular weight excluding hydrogens is 384 g/mol. The van der Waals surface area contributed by atoms with Crippen molar-refractivity contribution >= 4 is 38.6 Å². The Kier molecular flexibility index (Phi) is 4.20. The van der Waals surface area contributed by atoms with E-state index in [1.54, 1.807) is 13.2 Å². The number of benzene rings is 1. The number of hydrogen-bond acceptors (Lipinski definition) is 5. The summed E-state index contributed by atoms with van der Waals surface area (Å²) in [5.41, 5.74) is 2.78. The van der Waals surface area contributed by atoms with Gasteiger partial charge >= 0.3 is 0 Å². The fourth-order valence-corrected chi connectivity index (χ4v) is 3.79. The van der Waals surface area contributed by atoms with Gasteiger partial charge in [-0.3, -0.25) is 4.79 Å². The summed E-state index contributed by atoms with van der Waals surface area (Å²) in [6.45, 7) is 3.45. The van der Waals surface area contributed by atoms with Gasteiger partial charge in [-0.25, -0.2) is 9.67 Å². The number of rotatable bonds is 2. The number of fused-ring (bicyclic) bond motifs is 1. The predicted molar refractivity (Wildman–Crippen MR) is 102 cm³/mol. The van der Waals surface area contributed by atoms with Gasteiger partial charge in [0.25, 0.3) is 5.56 Å². The molecule has 0 bridgehead atoms. The van der Waals surface area contributed by atoms with Crippen LogP contribution in [0.1, 0.15) is 6.42 Å². The van der Waals surface area contributed by atoms with E-state index >= 15 is 0 Å². The Hall–Kier alpha value is -2.35. The van der Waals surface area contributed by atoms with Gasteiger partial charge in [0.1, 0.15) is 4.47 Å². The third-order valence-electron chi connectivity index (χ3n) is 4.57. The number of H-pyrrole nitrogens is 1. The molecule has 1 aliphatic rings. The third-order valence-corrected chi connectivity index (χ3v) is 5.32. The lowest BCUT2D eigenvalue weighted by molar-refractivity contribution is 0.694. The lowest BCUT2D eigenvalue weighted by Gasteiger charge is -2.24. The van der Waals surface area contributed by atoms with Crippen molar-refractivity contribution < 1.29 is 0 Å². The van der Waals surface area contributed by atoms with Crippen LogP contribution in [0.5, 0.6) is 0 Å². The van der Waals surface area contributed by atoms with Crippen LogP contribution in [0.4, 0.5) is 11.6 Å². The molecule has 1 fully saturated rings. The first-order chi connectivity index (χ1) is 12.1. The maximum Gasteiger partial charge on any atom is 0.282 e. The van der Waals surface area contributed by atoms with Crippen LogP contribution in [-0.4, -0.2) is 45.9 Å². The number of aromatic nitrogens is 4. The molecule has 2 aromatic heterocycles. The molecule has 130 valence electrons. The van der Waals surface area contributed by atoms with Crippen LogP contribution >= 0.6 is 15.9 Å². The fraction of sp³-hybridized carbons (Fsp3) is 0.353. The Morgan fingerprint density at radius 2 is 1.88 bits per heavy atom. The molecule has 0 spiro atoms. The van der Waals surface area contributed by atoms with Crippen molar-refractivity contribution in [3.63, 3.8) is 0 Å². The first-order valence-corrected chi connectivity index (χ1v) is 9.09. The Morgan fingerprint density at radius 1 is 1.12 bits per heavy atom. The molecule has 25 heavy (non-hydrogen) atoms. The number of aryl methyl sites for hydroxylation is 1. The van der Waals surface area contributed by atoms with Crippen molar-refractivity contribution in [2.75, 3.05) is 36.0 Å². The molecule has 1 aromatic carbocycles. The minimum absolute atomic E-state index is 0.115. The van der Waals surface area contributed by atoms with Crippen LogP contribution in [0, 0.1) is 0 Å². The third kappa shape index (κ3) is 3.02. The van der Waals surface area contributed by atoms with Crippen molar-refractivity contribution in [3.05, 3.63) is 45.3 Å². The number of para-hydroxylation sites is 2. The zero-order valence-electron chi connectivity index (χ0n) is 13.9.